The molecule has 0 bridgehead atoms. The second-order valence-electron chi connectivity index (χ2n) is 7.03. The lowest BCUT2D eigenvalue weighted by Gasteiger charge is -2.42. The number of rotatable bonds is 3. The molecule has 0 saturated carbocycles. The van der Waals surface area contributed by atoms with Gasteiger partial charge in [-0.25, -0.2) is 9.59 Å². The molecule has 0 aliphatic carbocycles. The first-order valence-corrected chi connectivity index (χ1v) is 10.4. The first-order chi connectivity index (χ1) is 10.4. The molecule has 1 aliphatic rings. The molecular weight excluding hydrogens is 318 g/mol. The highest BCUT2D eigenvalue weighted by atomic mass is 28.4. The summed E-state index contributed by atoms with van der Waals surface area (Å²) in [6.45, 7) is 10.4. The highest BCUT2D eigenvalue weighted by Gasteiger charge is 2.43. The lowest BCUT2D eigenvalue weighted by Crippen LogP contribution is -2.54. The third-order valence-corrected chi connectivity index (χ3v) is 8.91. The van der Waals surface area contributed by atoms with Crippen molar-refractivity contribution in [1.82, 2.24) is 4.90 Å². The minimum atomic E-state index is -2.15. The summed E-state index contributed by atoms with van der Waals surface area (Å²) in [6.07, 6.45) is -1.04. The number of aliphatic hydroxyl groups is 1. The van der Waals surface area contributed by atoms with Crippen molar-refractivity contribution in [2.24, 2.45) is 0 Å². The average molecular weight is 345 g/mol. The summed E-state index contributed by atoms with van der Waals surface area (Å²) in [5.74, 6) is -0.708. The van der Waals surface area contributed by atoms with E-state index in [0.717, 1.165) is 4.90 Å². The quantitative estimate of drug-likeness (QED) is 0.621. The van der Waals surface area contributed by atoms with Crippen LogP contribution in [-0.4, -0.2) is 63.4 Å². The Hall–Kier alpha value is -1.38. The SMILES string of the molecule is COC(=O)C1=C[C@@H](O)[C@H](O[Si](C)(C)C(C)(C)C)CN1C(=O)OC. The van der Waals surface area contributed by atoms with Crippen molar-refractivity contribution in [1.29, 1.82) is 0 Å². The van der Waals surface area contributed by atoms with Crippen molar-refractivity contribution < 1.29 is 28.6 Å². The van der Waals surface area contributed by atoms with Gasteiger partial charge < -0.3 is 19.0 Å². The van der Waals surface area contributed by atoms with Crippen molar-refractivity contribution in [2.45, 2.75) is 51.1 Å². The van der Waals surface area contributed by atoms with Gasteiger partial charge in [0, 0.05) is 0 Å². The van der Waals surface area contributed by atoms with Crippen LogP contribution in [0, 0.1) is 0 Å². The zero-order valence-electron chi connectivity index (χ0n) is 14.9. The van der Waals surface area contributed by atoms with Gasteiger partial charge in [-0.05, 0) is 24.2 Å². The van der Waals surface area contributed by atoms with Gasteiger partial charge in [0.15, 0.2) is 8.32 Å². The van der Waals surface area contributed by atoms with Crippen LogP contribution >= 0.6 is 0 Å². The molecule has 0 saturated heterocycles. The van der Waals surface area contributed by atoms with Gasteiger partial charge >= 0.3 is 12.1 Å². The maximum absolute atomic E-state index is 11.9. The first-order valence-electron chi connectivity index (χ1n) is 7.46. The number of carbonyl (C=O) groups is 2. The monoisotopic (exact) mass is 345 g/mol. The Morgan fingerprint density at radius 3 is 2.26 bits per heavy atom. The second-order valence-corrected chi connectivity index (χ2v) is 11.8. The van der Waals surface area contributed by atoms with E-state index in [0.29, 0.717) is 0 Å². The molecule has 1 rings (SSSR count). The predicted molar refractivity (Wildman–Crippen MR) is 87.3 cm³/mol. The fraction of sp³-hybridized carbons (Fsp3) is 0.733. The Morgan fingerprint density at radius 2 is 1.83 bits per heavy atom. The van der Waals surface area contributed by atoms with Crippen molar-refractivity contribution in [3.8, 4) is 0 Å². The number of aliphatic hydroxyl groups excluding tert-OH is 1. The second kappa shape index (κ2) is 7.02. The Labute approximate surface area is 138 Å². The molecule has 132 valence electrons. The van der Waals surface area contributed by atoms with Gasteiger partial charge in [0.25, 0.3) is 0 Å². The Kier molecular flexibility index (Phi) is 6.00. The molecule has 0 unspecified atom stereocenters. The zero-order valence-corrected chi connectivity index (χ0v) is 15.9. The van der Waals surface area contributed by atoms with Gasteiger partial charge in [-0.2, -0.15) is 0 Å². The maximum atomic E-state index is 11.9. The molecular formula is C15H27NO6Si. The highest BCUT2D eigenvalue weighted by molar-refractivity contribution is 6.74. The molecule has 8 heteroatoms. The first kappa shape index (κ1) is 19.7. The van der Waals surface area contributed by atoms with Crippen LogP contribution in [0.25, 0.3) is 0 Å². The van der Waals surface area contributed by atoms with Crippen LogP contribution in [-0.2, 0) is 18.7 Å². The van der Waals surface area contributed by atoms with Gasteiger partial charge in [0.05, 0.1) is 26.9 Å². The van der Waals surface area contributed by atoms with Crippen LogP contribution in [0.3, 0.4) is 0 Å². The average Bonchev–Trinajstić information content (AvgIpc) is 2.45. The fourth-order valence-electron chi connectivity index (χ4n) is 1.97. The van der Waals surface area contributed by atoms with Gasteiger partial charge in [-0.15, -0.1) is 0 Å². The summed E-state index contributed by atoms with van der Waals surface area (Å²) < 4.78 is 15.5. The van der Waals surface area contributed by atoms with Crippen LogP contribution in [0.2, 0.25) is 18.1 Å². The van der Waals surface area contributed by atoms with E-state index in [9.17, 15) is 14.7 Å². The molecule has 0 aromatic heterocycles. The van der Waals surface area contributed by atoms with E-state index in [2.05, 4.69) is 38.6 Å². The Balaban J connectivity index is 3.09. The summed E-state index contributed by atoms with van der Waals surface area (Å²) in [5.41, 5.74) is -0.0399. The molecule has 0 radical (unpaired) electrons. The van der Waals surface area contributed by atoms with E-state index in [4.69, 9.17) is 9.16 Å². The molecule has 23 heavy (non-hydrogen) atoms. The number of hydrogen-bond acceptors (Lipinski definition) is 6. The molecule has 1 heterocycles. The minimum absolute atomic E-state index is 0.0291. The van der Waals surface area contributed by atoms with Crippen molar-refractivity contribution >= 4 is 20.4 Å². The molecule has 0 aromatic rings. The maximum Gasteiger partial charge on any atom is 0.414 e. The predicted octanol–water partition coefficient (Wildman–Crippen LogP) is 1.88. The minimum Gasteiger partial charge on any atom is -0.464 e. The smallest absolute Gasteiger partial charge is 0.414 e. The van der Waals surface area contributed by atoms with E-state index in [1.165, 1.54) is 20.3 Å². The summed E-state index contributed by atoms with van der Waals surface area (Å²) in [5, 5.41) is 10.3. The molecule has 2 atom stereocenters. The fourth-order valence-corrected chi connectivity index (χ4v) is 3.30. The van der Waals surface area contributed by atoms with Crippen molar-refractivity contribution in [2.75, 3.05) is 20.8 Å². The normalized spacial score (nSPS) is 22.4. The van der Waals surface area contributed by atoms with E-state index in [1.54, 1.807) is 0 Å². The van der Waals surface area contributed by atoms with Gasteiger partial charge in [-0.1, -0.05) is 20.8 Å². The largest absolute Gasteiger partial charge is 0.464 e. The van der Waals surface area contributed by atoms with E-state index < -0.39 is 32.6 Å². The van der Waals surface area contributed by atoms with Crippen LogP contribution in [0.15, 0.2) is 11.8 Å². The standard InChI is InChI=1S/C15H27NO6Si/c1-15(2,3)23(6,7)22-12-9-16(14(19)21-5)10(8-11(12)17)13(18)20-4/h8,11-12,17H,9H2,1-7H3/t11-,12-/m1/s1. The molecule has 1 aliphatic heterocycles. The van der Waals surface area contributed by atoms with Gasteiger partial charge in [0.2, 0.25) is 0 Å². The number of ether oxygens (including phenoxy) is 2. The molecule has 7 nitrogen and oxygen atoms in total. The van der Waals surface area contributed by atoms with Crippen LogP contribution in [0.1, 0.15) is 20.8 Å². The lowest BCUT2D eigenvalue weighted by molar-refractivity contribution is -0.138. The Morgan fingerprint density at radius 1 is 1.26 bits per heavy atom. The number of nitrogens with zero attached hydrogens (tertiary/aromatic N) is 1. The molecule has 0 fully saturated rings. The molecule has 0 aromatic carbocycles. The van der Waals surface area contributed by atoms with Crippen LogP contribution in [0.4, 0.5) is 4.79 Å². The topological polar surface area (TPSA) is 85.3 Å². The number of carbonyl (C=O) groups excluding carboxylic acids is 2. The van der Waals surface area contributed by atoms with Crippen LogP contribution < -0.4 is 0 Å². The molecule has 1 amide bonds. The lowest BCUT2D eigenvalue weighted by atomic mass is 10.1. The van der Waals surface area contributed by atoms with Gasteiger partial charge in [0.1, 0.15) is 11.8 Å². The Bertz CT molecular complexity index is 497. The number of esters is 1. The van der Waals surface area contributed by atoms with Crippen molar-refractivity contribution in [3.05, 3.63) is 11.8 Å². The highest BCUT2D eigenvalue weighted by Crippen LogP contribution is 2.38. The van der Waals surface area contributed by atoms with Crippen LogP contribution in [0.5, 0.6) is 0 Å². The van der Waals surface area contributed by atoms with E-state index in [-0.39, 0.29) is 17.3 Å². The number of amides is 1. The summed E-state index contributed by atoms with van der Waals surface area (Å²) in [6, 6.07) is 0. The summed E-state index contributed by atoms with van der Waals surface area (Å²) >= 11 is 0. The molecule has 0 spiro atoms. The van der Waals surface area contributed by atoms with Crippen molar-refractivity contribution in [3.63, 3.8) is 0 Å². The number of hydrogen-bond donors (Lipinski definition) is 1. The van der Waals surface area contributed by atoms with E-state index >= 15 is 0 Å². The summed E-state index contributed by atoms with van der Waals surface area (Å²) in [7, 11) is 0.289. The van der Waals surface area contributed by atoms with E-state index in [1.807, 2.05) is 0 Å². The summed E-state index contributed by atoms with van der Waals surface area (Å²) in [4.78, 5) is 24.9. The zero-order chi connectivity index (χ0) is 18.0. The molecule has 1 N–H and O–H groups in total. The third kappa shape index (κ3) is 4.33. The third-order valence-electron chi connectivity index (χ3n) is 4.40. The number of methoxy groups -OCH3 is 2. The van der Waals surface area contributed by atoms with Gasteiger partial charge in [-0.3, -0.25) is 4.90 Å².